The van der Waals surface area contributed by atoms with Crippen molar-refractivity contribution in [1.29, 1.82) is 0 Å². The Balaban J connectivity index is 3.25. The summed E-state index contributed by atoms with van der Waals surface area (Å²) in [5, 5.41) is 0. The molecule has 0 heterocycles. The fraction of sp³-hybridized carbons (Fsp3) is 0.850. The number of rotatable bonds is 16. The second-order valence-electron chi connectivity index (χ2n) is 6.45. The number of hydrogen-bond donors (Lipinski definition) is 0. The van der Waals surface area contributed by atoms with Crippen LogP contribution < -0.4 is 0 Å². The largest absolute Gasteiger partial charge is 0.378 e. The molecule has 0 aromatic heterocycles. The zero-order valence-corrected chi connectivity index (χ0v) is 15.2. The number of ether oxygens (including phenoxy) is 1. The first-order valence-corrected chi connectivity index (χ1v) is 9.42. The molecule has 0 aliphatic carbocycles. The van der Waals surface area contributed by atoms with Crippen LogP contribution in [0.2, 0.25) is 0 Å². The molecule has 2 heteroatoms. The van der Waals surface area contributed by atoms with Gasteiger partial charge in [0.2, 0.25) is 0 Å². The van der Waals surface area contributed by atoms with Gasteiger partial charge in [-0.25, -0.2) is 0 Å². The van der Waals surface area contributed by atoms with E-state index in [1.165, 1.54) is 51.4 Å². The van der Waals surface area contributed by atoms with Crippen LogP contribution in [0.25, 0.3) is 0 Å². The molecule has 1 atom stereocenters. The van der Waals surface area contributed by atoms with Crippen LogP contribution in [0, 0.1) is 0 Å². The number of carbonyl (C=O) groups excluding carboxylic acids is 1. The van der Waals surface area contributed by atoms with Crippen molar-refractivity contribution in [2.75, 3.05) is 6.61 Å². The number of ketones is 1. The van der Waals surface area contributed by atoms with E-state index in [2.05, 4.69) is 26.0 Å². The molecule has 0 saturated carbocycles. The highest BCUT2D eigenvalue weighted by atomic mass is 16.5. The molecule has 0 spiro atoms. The number of unbranched alkanes of at least 4 members (excludes halogenated alkanes) is 7. The SMILES string of the molecule is CCCCC/C=C/CCOC(C)CCCCCCCC(C)=O. The maximum absolute atomic E-state index is 10.8. The standard InChI is InChI=1S/C20H38O2/c1-4-5-6-7-8-12-15-18-22-20(3)17-14-11-9-10-13-16-19(2)21/h8,12,20H,4-7,9-11,13-18H2,1-3H3/b12-8+. The molecular formula is C20H38O2. The molecule has 0 aliphatic rings. The van der Waals surface area contributed by atoms with Gasteiger partial charge in [0.1, 0.15) is 5.78 Å². The molecule has 1 unspecified atom stereocenters. The zero-order valence-electron chi connectivity index (χ0n) is 15.2. The van der Waals surface area contributed by atoms with Crippen molar-refractivity contribution in [3.63, 3.8) is 0 Å². The Hall–Kier alpha value is -0.630. The minimum absolute atomic E-state index is 0.321. The van der Waals surface area contributed by atoms with E-state index < -0.39 is 0 Å². The second kappa shape index (κ2) is 16.7. The Morgan fingerprint density at radius 1 is 0.955 bits per heavy atom. The first-order valence-electron chi connectivity index (χ1n) is 9.42. The highest BCUT2D eigenvalue weighted by Crippen LogP contribution is 2.10. The summed E-state index contributed by atoms with van der Waals surface area (Å²) in [6, 6.07) is 0. The molecule has 0 radical (unpaired) electrons. The van der Waals surface area contributed by atoms with E-state index in [1.807, 2.05) is 0 Å². The van der Waals surface area contributed by atoms with Gasteiger partial charge in [-0.1, -0.05) is 57.6 Å². The fourth-order valence-electron chi connectivity index (χ4n) is 2.50. The number of Topliss-reactive ketones (excluding diaryl/α,β-unsaturated/α-hetero) is 1. The predicted molar refractivity (Wildman–Crippen MR) is 96.3 cm³/mol. The van der Waals surface area contributed by atoms with E-state index in [-0.39, 0.29) is 0 Å². The highest BCUT2D eigenvalue weighted by molar-refractivity contribution is 5.75. The zero-order chi connectivity index (χ0) is 16.5. The van der Waals surface area contributed by atoms with Gasteiger partial charge in [0.25, 0.3) is 0 Å². The molecule has 0 aromatic carbocycles. The molecule has 0 aromatic rings. The van der Waals surface area contributed by atoms with E-state index in [0.717, 1.165) is 32.3 Å². The quantitative estimate of drug-likeness (QED) is 0.249. The lowest BCUT2D eigenvalue weighted by atomic mass is 10.1. The molecule has 0 saturated heterocycles. The van der Waals surface area contributed by atoms with Gasteiger partial charge in [-0.2, -0.15) is 0 Å². The van der Waals surface area contributed by atoms with Crippen molar-refractivity contribution >= 4 is 5.78 Å². The van der Waals surface area contributed by atoms with Crippen LogP contribution in [-0.4, -0.2) is 18.5 Å². The van der Waals surface area contributed by atoms with Crippen LogP contribution in [-0.2, 0) is 9.53 Å². The van der Waals surface area contributed by atoms with Gasteiger partial charge in [0, 0.05) is 6.42 Å². The summed E-state index contributed by atoms with van der Waals surface area (Å²) in [7, 11) is 0. The Morgan fingerprint density at radius 2 is 1.64 bits per heavy atom. The molecule has 0 bridgehead atoms. The van der Waals surface area contributed by atoms with Crippen LogP contribution in [0.1, 0.15) is 97.8 Å². The van der Waals surface area contributed by atoms with Crippen molar-refractivity contribution < 1.29 is 9.53 Å². The van der Waals surface area contributed by atoms with Crippen molar-refractivity contribution in [3.8, 4) is 0 Å². The van der Waals surface area contributed by atoms with Gasteiger partial charge < -0.3 is 9.53 Å². The third-order valence-electron chi connectivity index (χ3n) is 3.97. The molecule has 130 valence electrons. The Bertz CT molecular complexity index is 271. The Labute approximate surface area is 138 Å². The molecular weight excluding hydrogens is 272 g/mol. The number of allylic oxidation sites excluding steroid dienone is 1. The summed E-state index contributed by atoms with van der Waals surface area (Å²) in [6.45, 7) is 6.95. The molecule has 22 heavy (non-hydrogen) atoms. The summed E-state index contributed by atoms with van der Waals surface area (Å²) < 4.78 is 5.83. The molecule has 0 rings (SSSR count). The van der Waals surface area contributed by atoms with E-state index in [1.54, 1.807) is 6.92 Å². The lowest BCUT2D eigenvalue weighted by molar-refractivity contribution is -0.117. The number of hydrogen-bond acceptors (Lipinski definition) is 2. The first-order chi connectivity index (χ1) is 10.7. The van der Waals surface area contributed by atoms with Crippen LogP contribution >= 0.6 is 0 Å². The van der Waals surface area contributed by atoms with Gasteiger partial charge in [0.05, 0.1) is 12.7 Å². The summed E-state index contributed by atoms with van der Waals surface area (Å²) in [4.78, 5) is 10.8. The average molecular weight is 311 g/mol. The minimum Gasteiger partial charge on any atom is -0.378 e. The smallest absolute Gasteiger partial charge is 0.129 e. The van der Waals surface area contributed by atoms with Crippen LogP contribution in [0.3, 0.4) is 0 Å². The van der Waals surface area contributed by atoms with E-state index in [0.29, 0.717) is 11.9 Å². The maximum atomic E-state index is 10.8. The topological polar surface area (TPSA) is 26.3 Å². The van der Waals surface area contributed by atoms with Crippen LogP contribution in [0.4, 0.5) is 0 Å². The summed E-state index contributed by atoms with van der Waals surface area (Å²) in [5.74, 6) is 0.321. The number of carbonyl (C=O) groups is 1. The Morgan fingerprint density at radius 3 is 2.36 bits per heavy atom. The fourth-order valence-corrected chi connectivity index (χ4v) is 2.50. The van der Waals surface area contributed by atoms with Crippen molar-refractivity contribution in [1.82, 2.24) is 0 Å². The highest BCUT2D eigenvalue weighted by Gasteiger charge is 2.01. The predicted octanol–water partition coefficient (Wildman–Crippen LogP) is 6.24. The molecule has 0 N–H and O–H groups in total. The van der Waals surface area contributed by atoms with Crippen LogP contribution in [0.5, 0.6) is 0 Å². The van der Waals surface area contributed by atoms with Gasteiger partial charge >= 0.3 is 0 Å². The van der Waals surface area contributed by atoms with Gasteiger partial charge in [-0.15, -0.1) is 0 Å². The van der Waals surface area contributed by atoms with Crippen molar-refractivity contribution in [3.05, 3.63) is 12.2 Å². The Kier molecular flexibility index (Phi) is 16.3. The van der Waals surface area contributed by atoms with Crippen LogP contribution in [0.15, 0.2) is 12.2 Å². The first kappa shape index (κ1) is 21.4. The normalized spacial score (nSPS) is 12.9. The van der Waals surface area contributed by atoms with E-state index >= 15 is 0 Å². The lowest BCUT2D eigenvalue weighted by Crippen LogP contribution is -2.08. The second-order valence-corrected chi connectivity index (χ2v) is 6.45. The van der Waals surface area contributed by atoms with Gasteiger partial charge in [-0.3, -0.25) is 0 Å². The summed E-state index contributed by atoms with van der Waals surface area (Å²) in [6.07, 6.45) is 19.1. The maximum Gasteiger partial charge on any atom is 0.129 e. The average Bonchev–Trinajstić information content (AvgIpc) is 2.48. The van der Waals surface area contributed by atoms with Crippen molar-refractivity contribution in [2.24, 2.45) is 0 Å². The molecule has 0 aliphatic heterocycles. The summed E-state index contributed by atoms with van der Waals surface area (Å²) >= 11 is 0. The molecule has 2 nitrogen and oxygen atoms in total. The molecule has 0 fully saturated rings. The van der Waals surface area contributed by atoms with Gasteiger partial charge in [0.15, 0.2) is 0 Å². The van der Waals surface area contributed by atoms with Crippen molar-refractivity contribution in [2.45, 2.75) is 104 Å². The minimum atomic E-state index is 0.321. The third-order valence-corrected chi connectivity index (χ3v) is 3.97. The monoisotopic (exact) mass is 310 g/mol. The third kappa shape index (κ3) is 17.4. The van der Waals surface area contributed by atoms with E-state index in [4.69, 9.17) is 4.74 Å². The molecule has 0 amide bonds. The van der Waals surface area contributed by atoms with E-state index in [9.17, 15) is 4.79 Å². The lowest BCUT2D eigenvalue weighted by Gasteiger charge is -2.12. The van der Waals surface area contributed by atoms with Gasteiger partial charge in [-0.05, 0) is 46.0 Å². The summed E-state index contributed by atoms with van der Waals surface area (Å²) in [5.41, 5.74) is 0.